The summed E-state index contributed by atoms with van der Waals surface area (Å²) in [5.41, 5.74) is 0.723. The Kier molecular flexibility index (Phi) is 6.37. The molecule has 22 heavy (non-hydrogen) atoms. The number of likely N-dealkylation sites (N-methyl/N-ethyl adjacent to an activating group) is 1. The number of hydrogen-bond acceptors (Lipinski definition) is 4. The minimum atomic E-state index is -3.71. The molecule has 1 aromatic rings. The van der Waals surface area contributed by atoms with Crippen LogP contribution >= 0.6 is 0 Å². The Hall–Kier alpha value is -1.60. The van der Waals surface area contributed by atoms with Gasteiger partial charge in [-0.15, -0.1) is 0 Å². The van der Waals surface area contributed by atoms with E-state index in [0.29, 0.717) is 5.75 Å². The van der Waals surface area contributed by atoms with Crippen molar-refractivity contribution in [2.24, 2.45) is 0 Å². The van der Waals surface area contributed by atoms with Crippen LogP contribution in [0.2, 0.25) is 0 Å². The molecule has 0 radical (unpaired) electrons. The molecule has 1 atom stereocenters. The first-order valence-electron chi connectivity index (χ1n) is 7.12. The van der Waals surface area contributed by atoms with E-state index in [0.717, 1.165) is 16.3 Å². The van der Waals surface area contributed by atoms with E-state index < -0.39 is 10.0 Å². The zero-order valence-electron chi connectivity index (χ0n) is 13.7. The molecule has 0 aromatic heterocycles. The maximum atomic E-state index is 12.5. The number of nitrogens with zero attached hydrogens (tertiary/aromatic N) is 1. The van der Waals surface area contributed by atoms with Gasteiger partial charge in [-0.3, -0.25) is 4.79 Å². The van der Waals surface area contributed by atoms with Crippen LogP contribution in [0.15, 0.2) is 23.1 Å². The van der Waals surface area contributed by atoms with Crippen LogP contribution < -0.4 is 10.1 Å². The van der Waals surface area contributed by atoms with Gasteiger partial charge in [0.1, 0.15) is 5.75 Å². The van der Waals surface area contributed by atoms with E-state index in [1.807, 2.05) is 13.8 Å². The number of nitrogens with one attached hydrogen (secondary N) is 1. The predicted octanol–water partition coefficient (Wildman–Crippen LogP) is 1.54. The number of benzene rings is 1. The van der Waals surface area contributed by atoms with Crippen molar-refractivity contribution in [2.45, 2.75) is 38.1 Å². The van der Waals surface area contributed by atoms with Crippen molar-refractivity contribution in [1.82, 2.24) is 9.62 Å². The van der Waals surface area contributed by atoms with Crippen molar-refractivity contribution in [2.75, 3.05) is 20.7 Å². The summed E-state index contributed by atoms with van der Waals surface area (Å²) >= 11 is 0. The summed E-state index contributed by atoms with van der Waals surface area (Å²) in [5, 5.41) is 2.75. The molecule has 0 bridgehead atoms. The van der Waals surface area contributed by atoms with Crippen LogP contribution in [0.3, 0.4) is 0 Å². The van der Waals surface area contributed by atoms with Crippen molar-refractivity contribution in [3.63, 3.8) is 0 Å². The number of hydrogen-bond donors (Lipinski definition) is 1. The summed E-state index contributed by atoms with van der Waals surface area (Å²) in [4.78, 5) is 12.0. The van der Waals surface area contributed by atoms with E-state index in [1.165, 1.54) is 26.3 Å². The topological polar surface area (TPSA) is 75.7 Å². The van der Waals surface area contributed by atoms with Gasteiger partial charge in [0, 0.05) is 13.1 Å². The minimum absolute atomic E-state index is 0.0202. The molecule has 0 aliphatic rings. The van der Waals surface area contributed by atoms with Crippen LogP contribution in [-0.4, -0.2) is 45.4 Å². The molecule has 0 saturated carbocycles. The second kappa shape index (κ2) is 7.60. The third-order valence-electron chi connectivity index (χ3n) is 3.46. The van der Waals surface area contributed by atoms with Crippen molar-refractivity contribution >= 4 is 15.9 Å². The Balaban J connectivity index is 2.89. The lowest BCUT2D eigenvalue weighted by atomic mass is 10.2. The molecule has 1 aromatic carbocycles. The number of carbonyl (C=O) groups is 1. The first kappa shape index (κ1) is 18.4. The molecule has 7 heteroatoms. The fourth-order valence-electron chi connectivity index (χ4n) is 1.90. The lowest BCUT2D eigenvalue weighted by molar-refractivity contribution is -0.121. The number of methoxy groups -OCH3 is 1. The zero-order chi connectivity index (χ0) is 16.9. The lowest BCUT2D eigenvalue weighted by Gasteiger charge is -2.19. The fraction of sp³-hybridized carbons (Fsp3) is 0.533. The fourth-order valence-corrected chi connectivity index (χ4v) is 3.11. The van der Waals surface area contributed by atoms with Crippen LogP contribution in [0.25, 0.3) is 0 Å². The van der Waals surface area contributed by atoms with Gasteiger partial charge in [0.05, 0.1) is 18.6 Å². The summed E-state index contributed by atoms with van der Waals surface area (Å²) in [5.74, 6) is 0.307. The minimum Gasteiger partial charge on any atom is -0.496 e. The number of rotatable bonds is 7. The second-order valence-corrected chi connectivity index (χ2v) is 7.31. The van der Waals surface area contributed by atoms with E-state index in [4.69, 9.17) is 4.74 Å². The number of aryl methyl sites for hydroxylation is 1. The van der Waals surface area contributed by atoms with Crippen molar-refractivity contribution in [3.8, 4) is 5.75 Å². The Morgan fingerprint density at radius 3 is 2.55 bits per heavy atom. The van der Waals surface area contributed by atoms with Crippen LogP contribution in [0, 0.1) is 6.92 Å². The largest absolute Gasteiger partial charge is 0.496 e. The molecule has 124 valence electrons. The molecule has 6 nitrogen and oxygen atoms in total. The van der Waals surface area contributed by atoms with Gasteiger partial charge in [0.25, 0.3) is 0 Å². The van der Waals surface area contributed by atoms with Gasteiger partial charge in [-0.1, -0.05) is 6.92 Å². The van der Waals surface area contributed by atoms with E-state index in [2.05, 4.69) is 5.32 Å². The Morgan fingerprint density at radius 2 is 2.05 bits per heavy atom. The average molecular weight is 328 g/mol. The molecule has 1 amide bonds. The summed E-state index contributed by atoms with van der Waals surface area (Å²) < 4.78 is 31.1. The standard InChI is InChI=1S/C15H24N2O4S/c1-6-12(3)16-15(18)10-17(4)22(19,20)13-7-8-14(21-5)11(2)9-13/h7-9,12H,6,10H2,1-5H3,(H,16,18)/t12-/m1/s1. The molecule has 0 fully saturated rings. The van der Waals surface area contributed by atoms with Gasteiger partial charge in [-0.05, 0) is 44.0 Å². The normalized spacial score (nSPS) is 13.0. The first-order chi connectivity index (χ1) is 10.2. The molecular formula is C15H24N2O4S. The van der Waals surface area contributed by atoms with Crippen LogP contribution in [0.1, 0.15) is 25.8 Å². The third kappa shape index (κ3) is 4.45. The summed E-state index contributed by atoms with van der Waals surface area (Å²) in [6.45, 7) is 5.38. The van der Waals surface area contributed by atoms with Gasteiger partial charge in [-0.2, -0.15) is 4.31 Å². The van der Waals surface area contributed by atoms with Crippen LogP contribution in [0.4, 0.5) is 0 Å². The predicted molar refractivity (Wildman–Crippen MR) is 85.4 cm³/mol. The van der Waals surface area contributed by atoms with Gasteiger partial charge >= 0.3 is 0 Å². The summed E-state index contributed by atoms with van der Waals surface area (Å²) in [7, 11) is -0.784. The summed E-state index contributed by atoms with van der Waals surface area (Å²) in [6, 6.07) is 4.64. The Labute approximate surface area is 132 Å². The van der Waals surface area contributed by atoms with Crippen molar-refractivity contribution < 1.29 is 17.9 Å². The van der Waals surface area contributed by atoms with Crippen molar-refractivity contribution in [1.29, 1.82) is 0 Å². The highest BCUT2D eigenvalue weighted by Gasteiger charge is 2.23. The molecule has 0 aliphatic heterocycles. The Bertz CT molecular complexity index is 628. The van der Waals surface area contributed by atoms with Crippen LogP contribution in [-0.2, 0) is 14.8 Å². The van der Waals surface area contributed by atoms with Crippen molar-refractivity contribution in [3.05, 3.63) is 23.8 Å². The maximum absolute atomic E-state index is 12.5. The quantitative estimate of drug-likeness (QED) is 0.824. The maximum Gasteiger partial charge on any atom is 0.243 e. The van der Waals surface area contributed by atoms with Gasteiger partial charge in [0.15, 0.2) is 0 Å². The number of carbonyl (C=O) groups excluding carboxylic acids is 1. The molecule has 0 heterocycles. The van der Waals surface area contributed by atoms with E-state index >= 15 is 0 Å². The number of amides is 1. The van der Waals surface area contributed by atoms with Gasteiger partial charge < -0.3 is 10.1 Å². The first-order valence-corrected chi connectivity index (χ1v) is 8.56. The molecule has 1 N–H and O–H groups in total. The molecule has 0 saturated heterocycles. The molecule has 0 aliphatic carbocycles. The van der Waals surface area contributed by atoms with Gasteiger partial charge in [0.2, 0.25) is 15.9 Å². The molecular weight excluding hydrogens is 304 g/mol. The smallest absolute Gasteiger partial charge is 0.243 e. The SMILES string of the molecule is CC[C@@H](C)NC(=O)CN(C)S(=O)(=O)c1ccc(OC)c(C)c1. The van der Waals surface area contributed by atoms with E-state index in [9.17, 15) is 13.2 Å². The second-order valence-electron chi connectivity index (χ2n) is 5.27. The zero-order valence-corrected chi connectivity index (χ0v) is 14.5. The number of sulfonamides is 1. The number of ether oxygens (including phenoxy) is 1. The molecule has 0 unspecified atom stereocenters. The van der Waals surface area contributed by atoms with E-state index in [-0.39, 0.29) is 23.4 Å². The Morgan fingerprint density at radius 1 is 1.41 bits per heavy atom. The van der Waals surface area contributed by atoms with Crippen LogP contribution in [0.5, 0.6) is 5.75 Å². The van der Waals surface area contributed by atoms with E-state index in [1.54, 1.807) is 13.0 Å². The van der Waals surface area contributed by atoms with Gasteiger partial charge in [-0.25, -0.2) is 8.42 Å². The highest BCUT2D eigenvalue weighted by Crippen LogP contribution is 2.23. The molecule has 0 spiro atoms. The summed E-state index contributed by atoms with van der Waals surface area (Å²) in [6.07, 6.45) is 0.792. The average Bonchev–Trinajstić information content (AvgIpc) is 2.46. The highest BCUT2D eigenvalue weighted by atomic mass is 32.2. The molecule has 1 rings (SSSR count). The monoisotopic (exact) mass is 328 g/mol. The third-order valence-corrected chi connectivity index (χ3v) is 5.26. The highest BCUT2D eigenvalue weighted by molar-refractivity contribution is 7.89. The lowest BCUT2D eigenvalue weighted by Crippen LogP contribution is -2.41.